The Morgan fingerprint density at radius 1 is 0.566 bits per heavy atom. The van der Waals surface area contributed by atoms with Crippen molar-refractivity contribution < 1.29 is 63.1 Å². The van der Waals surface area contributed by atoms with Gasteiger partial charge in [-0.2, -0.15) is 0 Å². The first-order valence-electron chi connectivity index (χ1n) is 20.5. The summed E-state index contributed by atoms with van der Waals surface area (Å²) in [6.07, 6.45) is 15.7. The van der Waals surface area contributed by atoms with Crippen LogP contribution in [0.2, 0.25) is 0 Å². The molecule has 0 amide bonds. The van der Waals surface area contributed by atoms with Crippen LogP contribution in [-0.2, 0) is 32.7 Å². The Hall–Kier alpha value is -1.41. The number of unbranched alkanes of at least 4 members (excludes halogenated alkanes) is 19. The molecule has 14 heteroatoms. The summed E-state index contributed by atoms with van der Waals surface area (Å²) >= 11 is 0. The van der Waals surface area contributed by atoms with Gasteiger partial charge in [-0.1, -0.05) is 129 Å². The van der Waals surface area contributed by atoms with Crippen LogP contribution in [-0.4, -0.2) is 98.3 Å². The van der Waals surface area contributed by atoms with Crippen molar-refractivity contribution in [2.45, 2.75) is 211 Å². The number of allylic oxidation sites excluding steroid dienone is 2. The van der Waals surface area contributed by atoms with E-state index in [2.05, 4.69) is 26.0 Å². The Labute approximate surface area is 318 Å². The molecule has 6 unspecified atom stereocenters. The lowest BCUT2D eigenvalue weighted by Gasteiger charge is -2.41. The van der Waals surface area contributed by atoms with Crippen molar-refractivity contribution in [1.82, 2.24) is 0 Å². The Morgan fingerprint density at radius 2 is 0.962 bits per heavy atom. The van der Waals surface area contributed by atoms with Gasteiger partial charge in [-0.25, -0.2) is 4.57 Å². The molecule has 1 fully saturated rings. The van der Waals surface area contributed by atoms with Gasteiger partial charge < -0.3 is 39.9 Å². The van der Waals surface area contributed by atoms with Crippen LogP contribution in [0.1, 0.15) is 168 Å². The van der Waals surface area contributed by atoms with Crippen LogP contribution in [0.3, 0.4) is 0 Å². The molecule has 1 aliphatic rings. The predicted octanol–water partition coefficient (Wildman–Crippen LogP) is 6.72. The average molecular weight is 781 g/mol. The van der Waals surface area contributed by atoms with Gasteiger partial charge in [0.15, 0.2) is 6.10 Å². The topological polar surface area (TPSA) is 210 Å². The van der Waals surface area contributed by atoms with Gasteiger partial charge in [0, 0.05) is 12.8 Å². The summed E-state index contributed by atoms with van der Waals surface area (Å²) in [6, 6.07) is 0. The molecule has 0 aromatic carbocycles. The molecule has 1 rings (SSSR count). The lowest BCUT2D eigenvalue weighted by molar-refractivity contribution is -0.220. The van der Waals surface area contributed by atoms with Crippen LogP contribution in [0.4, 0.5) is 0 Å². The summed E-state index contributed by atoms with van der Waals surface area (Å²) in [7, 11) is -5.11. The minimum atomic E-state index is -5.11. The molecular weight excluding hydrogens is 707 g/mol. The van der Waals surface area contributed by atoms with Gasteiger partial charge in [0.1, 0.15) is 43.2 Å². The number of aliphatic hydroxyl groups is 5. The summed E-state index contributed by atoms with van der Waals surface area (Å²) in [5.41, 5.74) is 0. The first-order valence-corrected chi connectivity index (χ1v) is 22.0. The number of esters is 2. The van der Waals surface area contributed by atoms with E-state index in [4.69, 9.17) is 18.5 Å². The fraction of sp³-hybridized carbons (Fsp3) is 0.897. The molecule has 13 nitrogen and oxygen atoms in total. The number of rotatable bonds is 33. The SMILES string of the molecule is CCCCCCC/C=C/CCCCCCCC(=O)O[C@H](COC(=O)CCCCCCCCCCCC)COP(=O)(O)OC1C(O)C(O)C(O)[C@@H](O)C1O. The highest BCUT2D eigenvalue weighted by Crippen LogP contribution is 2.47. The molecule has 0 spiro atoms. The summed E-state index contributed by atoms with van der Waals surface area (Å²) in [4.78, 5) is 35.4. The van der Waals surface area contributed by atoms with Gasteiger partial charge in [0.2, 0.25) is 0 Å². The molecule has 1 saturated carbocycles. The molecule has 0 bridgehead atoms. The highest BCUT2D eigenvalue weighted by Gasteiger charge is 2.51. The first kappa shape index (κ1) is 49.6. The number of phosphoric ester groups is 1. The largest absolute Gasteiger partial charge is 0.472 e. The molecule has 0 radical (unpaired) electrons. The number of hydrogen-bond donors (Lipinski definition) is 6. The molecular formula is C39H73O13P. The maximum absolute atomic E-state index is 12.7. The lowest BCUT2D eigenvalue weighted by Crippen LogP contribution is -2.64. The van der Waals surface area contributed by atoms with Crippen LogP contribution in [0.25, 0.3) is 0 Å². The number of carbonyl (C=O) groups is 2. The molecule has 6 N–H and O–H groups in total. The van der Waals surface area contributed by atoms with Gasteiger partial charge >= 0.3 is 19.8 Å². The molecule has 0 heterocycles. The van der Waals surface area contributed by atoms with Crippen LogP contribution < -0.4 is 0 Å². The van der Waals surface area contributed by atoms with Crippen molar-refractivity contribution in [3.8, 4) is 0 Å². The Bertz CT molecular complexity index is 996. The van der Waals surface area contributed by atoms with Gasteiger partial charge in [0.25, 0.3) is 0 Å². The van der Waals surface area contributed by atoms with Crippen LogP contribution in [0.15, 0.2) is 12.2 Å². The number of phosphoric acid groups is 1. The van der Waals surface area contributed by atoms with Crippen LogP contribution in [0.5, 0.6) is 0 Å². The second-order valence-corrected chi connectivity index (χ2v) is 15.9. The number of hydrogen-bond acceptors (Lipinski definition) is 12. The highest BCUT2D eigenvalue weighted by atomic mass is 31.2. The molecule has 0 saturated heterocycles. The van der Waals surface area contributed by atoms with Crippen molar-refractivity contribution in [3.05, 3.63) is 12.2 Å². The fourth-order valence-electron chi connectivity index (χ4n) is 6.22. The smallest absolute Gasteiger partial charge is 0.462 e. The Morgan fingerprint density at radius 3 is 1.43 bits per heavy atom. The van der Waals surface area contributed by atoms with E-state index in [1.807, 2.05) is 0 Å². The summed E-state index contributed by atoms with van der Waals surface area (Å²) in [5.74, 6) is -1.11. The molecule has 1 aliphatic carbocycles. The van der Waals surface area contributed by atoms with Gasteiger partial charge in [0.05, 0.1) is 6.61 Å². The van der Waals surface area contributed by atoms with Crippen LogP contribution >= 0.6 is 7.82 Å². The van der Waals surface area contributed by atoms with Gasteiger partial charge in [-0.3, -0.25) is 18.6 Å². The second kappa shape index (κ2) is 30.8. The lowest BCUT2D eigenvalue weighted by atomic mass is 9.85. The highest BCUT2D eigenvalue weighted by molar-refractivity contribution is 7.47. The zero-order valence-electron chi connectivity index (χ0n) is 32.6. The molecule has 312 valence electrons. The molecule has 0 aromatic rings. The maximum atomic E-state index is 12.7. The molecule has 0 aliphatic heterocycles. The van der Waals surface area contributed by atoms with E-state index in [1.54, 1.807) is 0 Å². The van der Waals surface area contributed by atoms with Gasteiger partial charge in [-0.15, -0.1) is 0 Å². The minimum Gasteiger partial charge on any atom is -0.462 e. The van der Waals surface area contributed by atoms with Crippen molar-refractivity contribution in [3.63, 3.8) is 0 Å². The van der Waals surface area contributed by atoms with Gasteiger partial charge in [-0.05, 0) is 38.5 Å². The van der Waals surface area contributed by atoms with E-state index in [-0.39, 0.29) is 12.8 Å². The van der Waals surface area contributed by atoms with Crippen molar-refractivity contribution in [2.24, 2.45) is 0 Å². The number of carbonyl (C=O) groups excluding carboxylic acids is 2. The molecule has 8 atom stereocenters. The zero-order valence-corrected chi connectivity index (χ0v) is 33.5. The standard InChI is InChI=1S/C39H73O13P/c1-3-5-7-9-11-13-15-16-17-18-20-22-24-26-28-33(41)51-31(29-49-32(40)27-25-23-21-19-14-12-10-8-6-4-2)30-50-53(47,48)52-39-37(45)35(43)34(42)36(44)38(39)46/h15-16,31,34-39,42-46H,3-14,17-30H2,1-2H3,(H,47,48)/b16-15+/t31-,34?,35-,36?,37?,38?,39?/m1/s1. The monoisotopic (exact) mass is 780 g/mol. The maximum Gasteiger partial charge on any atom is 0.472 e. The Kier molecular flexibility index (Phi) is 28.8. The third kappa shape index (κ3) is 24.0. The van der Waals surface area contributed by atoms with Crippen molar-refractivity contribution in [2.75, 3.05) is 13.2 Å². The van der Waals surface area contributed by atoms with E-state index in [0.29, 0.717) is 12.8 Å². The summed E-state index contributed by atoms with van der Waals surface area (Å²) in [5, 5.41) is 49.9. The molecule has 0 aromatic heterocycles. The van der Waals surface area contributed by atoms with Crippen molar-refractivity contribution in [1.29, 1.82) is 0 Å². The number of ether oxygens (including phenoxy) is 2. The molecule has 53 heavy (non-hydrogen) atoms. The normalized spacial score (nSPS) is 23.5. The van der Waals surface area contributed by atoms with Crippen LogP contribution in [0, 0.1) is 0 Å². The zero-order chi connectivity index (χ0) is 39.3. The Balaban J connectivity index is 2.52. The average Bonchev–Trinajstić information content (AvgIpc) is 3.13. The second-order valence-electron chi connectivity index (χ2n) is 14.5. The fourth-order valence-corrected chi connectivity index (χ4v) is 7.19. The van der Waals surface area contributed by atoms with E-state index in [1.165, 1.54) is 70.6 Å². The quantitative estimate of drug-likeness (QED) is 0.0177. The summed E-state index contributed by atoms with van der Waals surface area (Å²) in [6.45, 7) is 3.24. The van der Waals surface area contributed by atoms with E-state index in [0.717, 1.165) is 57.8 Å². The third-order valence-electron chi connectivity index (χ3n) is 9.61. The number of aliphatic hydroxyl groups excluding tert-OH is 5. The van der Waals surface area contributed by atoms with E-state index >= 15 is 0 Å². The predicted molar refractivity (Wildman–Crippen MR) is 203 cm³/mol. The van der Waals surface area contributed by atoms with Crippen molar-refractivity contribution >= 4 is 19.8 Å². The third-order valence-corrected chi connectivity index (χ3v) is 10.6. The first-order chi connectivity index (χ1) is 25.4. The van der Waals surface area contributed by atoms with E-state index < -0.39 is 75.7 Å². The summed E-state index contributed by atoms with van der Waals surface area (Å²) < 4.78 is 33.3. The minimum absolute atomic E-state index is 0.0901. The van der Waals surface area contributed by atoms with E-state index in [9.17, 15) is 44.6 Å².